The van der Waals surface area contributed by atoms with Crippen molar-refractivity contribution in [1.29, 1.82) is 0 Å². The van der Waals surface area contributed by atoms with Crippen LogP contribution >= 0.6 is 0 Å². The van der Waals surface area contributed by atoms with Crippen LogP contribution in [0.2, 0.25) is 0 Å². The predicted octanol–water partition coefficient (Wildman–Crippen LogP) is 6.94. The standard InChI is InChI=1S/C40H52O7/c1-28(18-15-19-31(35(43)45-10)22-23-40-37(6,7)24-32(42)25-39(40,9)47-40)16-13-11-12-14-17-29(2)20-21-34-36(4,5)26-33(46-30(3)41)27-38(34,8)44/h11-14,16-17,19-20,22-23,32-33,42,44H,24-27H2,1-10H3/b13-11+,14-12+,23-22+,28-16+,29-17+,31-19-/t21?,32-,33-,38+,39+,40-/m0/s1. The van der Waals surface area contributed by atoms with Crippen LogP contribution in [-0.4, -0.2) is 58.3 Å². The molecule has 0 unspecified atom stereocenters. The summed E-state index contributed by atoms with van der Waals surface area (Å²) in [6.07, 6.45) is 19.9. The van der Waals surface area contributed by atoms with Crippen LogP contribution in [0.3, 0.4) is 0 Å². The van der Waals surface area contributed by atoms with Crippen LogP contribution in [0.15, 0.2) is 88.8 Å². The van der Waals surface area contributed by atoms with Gasteiger partial charge in [-0.25, -0.2) is 4.79 Å². The highest BCUT2D eigenvalue weighted by Gasteiger charge is 2.74. The van der Waals surface area contributed by atoms with Crippen molar-refractivity contribution in [2.45, 2.75) is 117 Å². The highest BCUT2D eigenvalue weighted by molar-refractivity contribution is 5.92. The van der Waals surface area contributed by atoms with Crippen LogP contribution in [0.5, 0.6) is 0 Å². The zero-order chi connectivity index (χ0) is 35.3. The van der Waals surface area contributed by atoms with Gasteiger partial charge in [-0.3, -0.25) is 4.79 Å². The summed E-state index contributed by atoms with van der Waals surface area (Å²) in [4.78, 5) is 23.9. The van der Waals surface area contributed by atoms with E-state index in [1.165, 1.54) is 14.0 Å². The third-order valence-corrected chi connectivity index (χ3v) is 9.32. The highest BCUT2D eigenvalue weighted by Crippen LogP contribution is 2.66. The van der Waals surface area contributed by atoms with E-state index < -0.39 is 28.9 Å². The summed E-state index contributed by atoms with van der Waals surface area (Å²) < 4.78 is 16.6. The number of rotatable bonds is 8. The number of hydrogen-bond acceptors (Lipinski definition) is 7. The van der Waals surface area contributed by atoms with Gasteiger partial charge in [-0.05, 0) is 75.3 Å². The predicted molar refractivity (Wildman–Crippen MR) is 185 cm³/mol. The van der Waals surface area contributed by atoms with Crippen molar-refractivity contribution in [3.05, 3.63) is 88.8 Å². The Morgan fingerprint density at radius 1 is 0.936 bits per heavy atom. The summed E-state index contributed by atoms with van der Waals surface area (Å²) >= 11 is 0. The minimum absolute atomic E-state index is 0.293. The van der Waals surface area contributed by atoms with Gasteiger partial charge in [0.1, 0.15) is 17.3 Å². The minimum atomic E-state index is -1.12. The maximum Gasteiger partial charge on any atom is 0.338 e. The molecule has 47 heavy (non-hydrogen) atoms. The molecule has 2 saturated carbocycles. The van der Waals surface area contributed by atoms with E-state index in [1.807, 2.05) is 83.2 Å². The smallest absolute Gasteiger partial charge is 0.338 e. The van der Waals surface area contributed by atoms with Gasteiger partial charge in [0, 0.05) is 36.8 Å². The fourth-order valence-electron chi connectivity index (χ4n) is 7.30. The lowest BCUT2D eigenvalue weighted by molar-refractivity contribution is -0.152. The topological polar surface area (TPSA) is 106 Å². The minimum Gasteiger partial charge on any atom is -0.465 e. The molecule has 7 heteroatoms. The van der Waals surface area contributed by atoms with Gasteiger partial charge < -0.3 is 24.4 Å². The normalized spacial score (nSPS) is 32.0. The molecular weight excluding hydrogens is 592 g/mol. The van der Waals surface area contributed by atoms with E-state index in [-0.39, 0.29) is 22.9 Å². The van der Waals surface area contributed by atoms with Crippen molar-refractivity contribution in [2.24, 2.45) is 10.8 Å². The molecule has 0 aromatic heterocycles. The third-order valence-electron chi connectivity index (χ3n) is 9.32. The van der Waals surface area contributed by atoms with Gasteiger partial charge in [0.15, 0.2) is 0 Å². The second-order valence-corrected chi connectivity index (χ2v) is 14.7. The molecule has 1 saturated heterocycles. The fourth-order valence-corrected chi connectivity index (χ4v) is 7.30. The first kappa shape index (κ1) is 37.8. The third kappa shape index (κ3) is 9.24. The van der Waals surface area contributed by atoms with Crippen molar-refractivity contribution in [3.8, 4) is 11.8 Å². The maximum atomic E-state index is 12.5. The van der Waals surface area contributed by atoms with Gasteiger partial charge in [-0.2, -0.15) is 0 Å². The molecule has 0 aromatic carbocycles. The number of fused-ring (bicyclic) bond motifs is 1. The first-order chi connectivity index (χ1) is 21.8. The monoisotopic (exact) mass is 644 g/mol. The van der Waals surface area contributed by atoms with Crippen LogP contribution < -0.4 is 0 Å². The number of hydrogen-bond donors (Lipinski definition) is 2. The van der Waals surface area contributed by atoms with Gasteiger partial charge in [-0.1, -0.05) is 76.0 Å². The fraction of sp³-hybridized carbons (Fsp3) is 0.525. The SMILES string of the molecule is COC(=O)C(=C\C#C/C(C)=C/C=C/C=C/C=C(\C)C=C=C1C(C)(C)C[C@H](OC(C)=O)C[C@@]1(C)O)/C=C/[C@@]12O[C@]1(C)C[C@@H](O)CC2(C)C. The summed E-state index contributed by atoms with van der Waals surface area (Å²) in [7, 11) is 1.34. The Kier molecular flexibility index (Phi) is 11.8. The Bertz CT molecular complexity index is 1520. The van der Waals surface area contributed by atoms with Crippen molar-refractivity contribution >= 4 is 11.9 Å². The number of carbonyl (C=O) groups is 2. The summed E-state index contributed by atoms with van der Waals surface area (Å²) in [6.45, 7) is 17.2. The summed E-state index contributed by atoms with van der Waals surface area (Å²) in [5, 5.41) is 21.4. The van der Waals surface area contributed by atoms with E-state index in [1.54, 1.807) is 19.1 Å². The van der Waals surface area contributed by atoms with Gasteiger partial charge in [0.2, 0.25) is 0 Å². The average molecular weight is 645 g/mol. The van der Waals surface area contributed by atoms with Gasteiger partial charge in [0.25, 0.3) is 0 Å². The average Bonchev–Trinajstić information content (AvgIpc) is 3.55. The van der Waals surface area contributed by atoms with Crippen molar-refractivity contribution < 1.29 is 34.0 Å². The van der Waals surface area contributed by atoms with Crippen LogP contribution in [0.4, 0.5) is 0 Å². The highest BCUT2D eigenvalue weighted by atomic mass is 16.6. The number of allylic oxidation sites excluding steroid dienone is 9. The Labute approximate surface area is 281 Å². The van der Waals surface area contributed by atoms with Gasteiger partial charge in [-0.15, -0.1) is 5.73 Å². The Hall–Kier alpha value is -3.66. The first-order valence-corrected chi connectivity index (χ1v) is 16.2. The number of carbonyl (C=O) groups excluding carboxylic acids is 2. The zero-order valence-corrected chi connectivity index (χ0v) is 29.7. The van der Waals surface area contributed by atoms with E-state index in [4.69, 9.17) is 14.2 Å². The van der Waals surface area contributed by atoms with Crippen LogP contribution in [-0.2, 0) is 23.8 Å². The molecule has 3 rings (SSSR count). The van der Waals surface area contributed by atoms with Crippen LogP contribution in [0.25, 0.3) is 0 Å². The molecule has 0 aromatic rings. The molecule has 254 valence electrons. The number of methoxy groups -OCH3 is 1. The Morgan fingerprint density at radius 3 is 2.19 bits per heavy atom. The summed E-state index contributed by atoms with van der Waals surface area (Å²) in [6, 6.07) is 0. The zero-order valence-electron chi connectivity index (χ0n) is 29.7. The quantitative estimate of drug-likeness (QED) is 0.0736. The van der Waals surface area contributed by atoms with E-state index in [2.05, 4.69) is 31.4 Å². The van der Waals surface area contributed by atoms with E-state index in [0.29, 0.717) is 31.3 Å². The van der Waals surface area contributed by atoms with Gasteiger partial charge >= 0.3 is 11.9 Å². The van der Waals surface area contributed by atoms with Gasteiger partial charge in [0.05, 0.1) is 24.4 Å². The molecule has 2 N–H and O–H groups in total. The number of esters is 2. The molecule has 0 spiro atoms. The van der Waals surface area contributed by atoms with Crippen LogP contribution in [0, 0.1) is 22.7 Å². The molecular formula is C40H52O7. The lowest BCUT2D eigenvalue weighted by atomic mass is 9.63. The molecule has 1 heterocycles. The molecule has 3 aliphatic rings. The molecule has 0 amide bonds. The summed E-state index contributed by atoms with van der Waals surface area (Å²) in [5.41, 5.74) is 3.42. The van der Waals surface area contributed by atoms with E-state index in [9.17, 15) is 19.8 Å². The second-order valence-electron chi connectivity index (χ2n) is 14.7. The first-order valence-electron chi connectivity index (χ1n) is 16.2. The van der Waals surface area contributed by atoms with Crippen molar-refractivity contribution in [2.75, 3.05) is 7.11 Å². The van der Waals surface area contributed by atoms with Crippen molar-refractivity contribution in [1.82, 2.24) is 0 Å². The lowest BCUT2D eigenvalue weighted by Crippen LogP contribution is -2.46. The number of ether oxygens (including phenoxy) is 3. The number of epoxide rings is 1. The maximum absolute atomic E-state index is 12.5. The largest absolute Gasteiger partial charge is 0.465 e. The van der Waals surface area contributed by atoms with E-state index >= 15 is 0 Å². The summed E-state index contributed by atoms with van der Waals surface area (Å²) in [5.74, 6) is 5.18. The molecule has 3 fully saturated rings. The number of aliphatic hydroxyl groups excluding tert-OH is 1. The molecule has 2 aliphatic carbocycles. The second kappa shape index (κ2) is 14.6. The Morgan fingerprint density at radius 2 is 1.60 bits per heavy atom. The molecule has 1 aliphatic heterocycles. The van der Waals surface area contributed by atoms with E-state index in [0.717, 1.165) is 16.7 Å². The molecule has 0 bridgehead atoms. The van der Waals surface area contributed by atoms with Crippen molar-refractivity contribution in [3.63, 3.8) is 0 Å². The molecule has 5 atom stereocenters. The Balaban J connectivity index is 1.64. The molecule has 7 nitrogen and oxygen atoms in total. The molecule has 0 radical (unpaired) electrons. The lowest BCUT2D eigenvalue weighted by Gasteiger charge is -2.44. The van der Waals surface area contributed by atoms with Crippen LogP contribution in [0.1, 0.15) is 88.0 Å². The number of aliphatic hydroxyl groups is 2.